The summed E-state index contributed by atoms with van der Waals surface area (Å²) in [6.07, 6.45) is 0.865. The quantitative estimate of drug-likeness (QED) is 0.844. The number of hydrogen-bond donors (Lipinski definition) is 2. The maximum atomic E-state index is 12.3. The van der Waals surface area contributed by atoms with Crippen molar-refractivity contribution in [2.45, 2.75) is 57.1 Å². The Hall–Kier alpha value is -0.910. The number of nitrogens with one attached hydrogen (secondary N) is 1. The summed E-state index contributed by atoms with van der Waals surface area (Å²) in [4.78, 5) is 0.227. The number of hydrogen-bond acceptors (Lipinski definition) is 3. The normalized spacial score (nSPS) is 14.4. The van der Waals surface area contributed by atoms with E-state index in [1.807, 2.05) is 20.8 Å². The molecule has 19 heavy (non-hydrogen) atoms. The minimum absolute atomic E-state index is 0.227. The molecule has 0 bridgehead atoms. The Bertz CT molecular complexity index is 502. The van der Waals surface area contributed by atoms with Gasteiger partial charge in [-0.05, 0) is 44.4 Å². The van der Waals surface area contributed by atoms with E-state index < -0.39 is 21.7 Å². The van der Waals surface area contributed by atoms with E-state index in [9.17, 15) is 13.5 Å². The molecule has 1 aromatic carbocycles. The first-order valence-corrected chi connectivity index (χ1v) is 8.04. The molecule has 1 unspecified atom stereocenters. The molecular formula is C14H23NO3S. The number of aliphatic hydroxyl groups excluding tert-OH is 1. The summed E-state index contributed by atoms with van der Waals surface area (Å²) in [7, 11) is -3.52. The Kier molecular flexibility index (Phi) is 5.12. The lowest BCUT2D eigenvalue weighted by Gasteiger charge is -2.27. The van der Waals surface area contributed by atoms with Crippen molar-refractivity contribution in [1.82, 2.24) is 4.72 Å². The Balaban J connectivity index is 3.01. The first kappa shape index (κ1) is 16.1. The Morgan fingerprint density at radius 3 is 2.05 bits per heavy atom. The molecule has 108 valence electrons. The van der Waals surface area contributed by atoms with Gasteiger partial charge in [0, 0.05) is 5.54 Å². The van der Waals surface area contributed by atoms with Crippen LogP contribution in [0.1, 0.15) is 52.2 Å². The summed E-state index contributed by atoms with van der Waals surface area (Å²) in [5.74, 6) is 0. The Labute approximate surface area is 115 Å². The van der Waals surface area contributed by atoms with Crippen molar-refractivity contribution >= 4 is 10.0 Å². The molecule has 2 N–H and O–H groups in total. The molecule has 0 aliphatic rings. The van der Waals surface area contributed by atoms with Crippen molar-refractivity contribution in [1.29, 1.82) is 0 Å². The highest BCUT2D eigenvalue weighted by Crippen LogP contribution is 2.20. The number of sulfonamides is 1. The molecule has 0 aliphatic heterocycles. The van der Waals surface area contributed by atoms with E-state index in [1.165, 1.54) is 12.1 Å². The number of rotatable bonds is 6. The fourth-order valence-corrected chi connectivity index (χ4v) is 3.25. The van der Waals surface area contributed by atoms with Gasteiger partial charge in [0.2, 0.25) is 10.0 Å². The zero-order chi connectivity index (χ0) is 14.7. The largest absolute Gasteiger partial charge is 0.389 e. The summed E-state index contributed by atoms with van der Waals surface area (Å²) in [6.45, 7) is 7.47. The zero-order valence-electron chi connectivity index (χ0n) is 12.0. The lowest BCUT2D eigenvalue weighted by Crippen LogP contribution is -2.44. The van der Waals surface area contributed by atoms with Gasteiger partial charge in [-0.1, -0.05) is 26.0 Å². The van der Waals surface area contributed by atoms with E-state index in [1.54, 1.807) is 19.1 Å². The van der Waals surface area contributed by atoms with Crippen LogP contribution >= 0.6 is 0 Å². The van der Waals surface area contributed by atoms with Gasteiger partial charge in [-0.15, -0.1) is 0 Å². The highest BCUT2D eigenvalue weighted by atomic mass is 32.2. The lowest BCUT2D eigenvalue weighted by molar-refractivity contribution is 0.199. The standard InChI is InChI=1S/C14H23NO3S/c1-5-14(4,6-2)15-19(17,18)13-9-7-12(8-10-13)11(3)16/h7-11,15-16H,5-6H2,1-4H3. The fourth-order valence-electron chi connectivity index (χ4n) is 1.70. The molecule has 5 heteroatoms. The molecular weight excluding hydrogens is 262 g/mol. The number of aliphatic hydroxyl groups is 1. The second-order valence-corrected chi connectivity index (χ2v) is 6.80. The van der Waals surface area contributed by atoms with Gasteiger partial charge in [0.15, 0.2) is 0 Å². The van der Waals surface area contributed by atoms with Crippen LogP contribution in [0.4, 0.5) is 0 Å². The van der Waals surface area contributed by atoms with E-state index in [4.69, 9.17) is 0 Å². The first-order valence-electron chi connectivity index (χ1n) is 6.56. The maximum Gasteiger partial charge on any atom is 0.241 e. The molecule has 1 rings (SSSR count). The minimum atomic E-state index is -3.52. The first-order chi connectivity index (χ1) is 8.74. The van der Waals surface area contributed by atoms with Gasteiger partial charge in [-0.25, -0.2) is 13.1 Å². The average Bonchev–Trinajstić information content (AvgIpc) is 2.38. The van der Waals surface area contributed by atoms with Crippen molar-refractivity contribution in [3.05, 3.63) is 29.8 Å². The third-order valence-corrected chi connectivity index (χ3v) is 5.27. The van der Waals surface area contributed by atoms with Crippen LogP contribution in [-0.2, 0) is 10.0 Å². The van der Waals surface area contributed by atoms with Crippen LogP contribution in [-0.4, -0.2) is 19.1 Å². The second-order valence-electron chi connectivity index (χ2n) is 5.12. The molecule has 0 radical (unpaired) electrons. The molecule has 1 atom stereocenters. The van der Waals surface area contributed by atoms with Crippen LogP contribution in [0.2, 0.25) is 0 Å². The topological polar surface area (TPSA) is 66.4 Å². The monoisotopic (exact) mass is 285 g/mol. The van der Waals surface area contributed by atoms with E-state index in [2.05, 4.69) is 4.72 Å². The van der Waals surface area contributed by atoms with Gasteiger partial charge in [-0.3, -0.25) is 0 Å². The van der Waals surface area contributed by atoms with E-state index in [0.717, 1.165) is 12.8 Å². The summed E-state index contributed by atoms with van der Waals surface area (Å²) in [5, 5.41) is 9.41. The van der Waals surface area contributed by atoms with Crippen LogP contribution in [0, 0.1) is 0 Å². The Morgan fingerprint density at radius 2 is 1.68 bits per heavy atom. The minimum Gasteiger partial charge on any atom is -0.389 e. The molecule has 0 aromatic heterocycles. The van der Waals surface area contributed by atoms with Gasteiger partial charge in [0.25, 0.3) is 0 Å². The van der Waals surface area contributed by atoms with Crippen molar-refractivity contribution in [2.24, 2.45) is 0 Å². The van der Waals surface area contributed by atoms with Crippen molar-refractivity contribution < 1.29 is 13.5 Å². The third kappa shape index (κ3) is 4.03. The molecule has 0 spiro atoms. The molecule has 0 saturated carbocycles. The third-order valence-electron chi connectivity index (χ3n) is 3.61. The predicted molar refractivity (Wildman–Crippen MR) is 76.4 cm³/mol. The molecule has 4 nitrogen and oxygen atoms in total. The molecule has 0 fully saturated rings. The van der Waals surface area contributed by atoms with Crippen LogP contribution < -0.4 is 4.72 Å². The van der Waals surface area contributed by atoms with E-state index in [0.29, 0.717) is 5.56 Å². The smallest absolute Gasteiger partial charge is 0.241 e. The van der Waals surface area contributed by atoms with Gasteiger partial charge in [0.1, 0.15) is 0 Å². The number of benzene rings is 1. The molecule has 0 saturated heterocycles. The maximum absolute atomic E-state index is 12.3. The summed E-state index contributed by atoms with van der Waals surface area (Å²) < 4.78 is 27.3. The molecule has 0 amide bonds. The summed E-state index contributed by atoms with van der Waals surface area (Å²) in [5.41, 5.74) is 0.273. The molecule has 0 heterocycles. The fraction of sp³-hybridized carbons (Fsp3) is 0.571. The highest BCUT2D eigenvalue weighted by molar-refractivity contribution is 7.89. The lowest BCUT2D eigenvalue weighted by atomic mass is 9.98. The SMILES string of the molecule is CCC(C)(CC)NS(=O)(=O)c1ccc(C(C)O)cc1. The zero-order valence-corrected chi connectivity index (χ0v) is 12.8. The van der Waals surface area contributed by atoms with Gasteiger partial charge in [0.05, 0.1) is 11.0 Å². The van der Waals surface area contributed by atoms with Crippen LogP contribution in [0.5, 0.6) is 0 Å². The van der Waals surface area contributed by atoms with E-state index >= 15 is 0 Å². The van der Waals surface area contributed by atoms with Crippen molar-refractivity contribution in [3.8, 4) is 0 Å². The van der Waals surface area contributed by atoms with Crippen molar-refractivity contribution in [2.75, 3.05) is 0 Å². The summed E-state index contributed by atoms with van der Waals surface area (Å²) in [6, 6.07) is 6.31. The Morgan fingerprint density at radius 1 is 1.21 bits per heavy atom. The van der Waals surface area contributed by atoms with Crippen molar-refractivity contribution in [3.63, 3.8) is 0 Å². The second kappa shape index (κ2) is 6.03. The van der Waals surface area contributed by atoms with Gasteiger partial charge < -0.3 is 5.11 Å². The van der Waals surface area contributed by atoms with Crippen LogP contribution in [0.3, 0.4) is 0 Å². The predicted octanol–water partition coefficient (Wildman–Crippen LogP) is 2.60. The average molecular weight is 285 g/mol. The van der Waals surface area contributed by atoms with Crippen LogP contribution in [0.25, 0.3) is 0 Å². The molecule has 1 aromatic rings. The summed E-state index contributed by atoms with van der Waals surface area (Å²) >= 11 is 0. The van der Waals surface area contributed by atoms with Gasteiger partial charge in [-0.2, -0.15) is 0 Å². The highest BCUT2D eigenvalue weighted by Gasteiger charge is 2.27. The van der Waals surface area contributed by atoms with E-state index in [-0.39, 0.29) is 4.90 Å². The molecule has 0 aliphatic carbocycles. The van der Waals surface area contributed by atoms with Crippen LogP contribution in [0.15, 0.2) is 29.2 Å². The van der Waals surface area contributed by atoms with Gasteiger partial charge >= 0.3 is 0 Å².